The van der Waals surface area contributed by atoms with E-state index in [-0.39, 0.29) is 11.3 Å². The highest BCUT2D eigenvalue weighted by Crippen LogP contribution is 2.59. The Labute approximate surface area is 129 Å². The molecule has 0 aromatic carbocycles. The third-order valence-corrected chi connectivity index (χ3v) is 6.57. The van der Waals surface area contributed by atoms with Crippen molar-refractivity contribution in [1.29, 1.82) is 0 Å². The Balaban J connectivity index is 1.68. The number of aliphatic carboxylic acids is 1. The summed E-state index contributed by atoms with van der Waals surface area (Å²) in [5.41, 5.74) is 1.25. The molecule has 114 valence electrons. The third-order valence-electron chi connectivity index (χ3n) is 5.64. The van der Waals surface area contributed by atoms with Gasteiger partial charge in [0.1, 0.15) is 0 Å². The maximum Gasteiger partial charge on any atom is 0.313 e. The topological polar surface area (TPSA) is 55.1 Å². The summed E-state index contributed by atoms with van der Waals surface area (Å²) in [6, 6.07) is 0. The van der Waals surface area contributed by atoms with E-state index in [1.54, 1.807) is 0 Å². The molecular weight excluding hydrogens is 284 g/mol. The minimum absolute atomic E-state index is 0.100. The highest BCUT2D eigenvalue weighted by molar-refractivity contribution is 7.99. The number of aryl methyl sites for hydroxylation is 1. The molecule has 4 bridgehead atoms. The summed E-state index contributed by atoms with van der Waals surface area (Å²) in [7, 11) is 0. The van der Waals surface area contributed by atoms with Crippen molar-refractivity contribution in [3.63, 3.8) is 0 Å². The second-order valence-corrected chi connectivity index (χ2v) is 8.30. The van der Waals surface area contributed by atoms with Crippen LogP contribution in [0, 0.1) is 24.7 Å². The number of imidazole rings is 1. The van der Waals surface area contributed by atoms with E-state index in [1.807, 2.05) is 6.92 Å². The van der Waals surface area contributed by atoms with Gasteiger partial charge in [-0.15, -0.1) is 0 Å². The fourth-order valence-electron chi connectivity index (χ4n) is 5.40. The first kappa shape index (κ1) is 13.7. The molecular formula is C16H22N2O2S. The molecule has 5 heteroatoms. The number of carboxylic acid groups (broad SMARTS) is 1. The van der Waals surface area contributed by atoms with Crippen LogP contribution in [0.3, 0.4) is 0 Å². The van der Waals surface area contributed by atoms with Crippen LogP contribution in [0.5, 0.6) is 0 Å². The van der Waals surface area contributed by atoms with E-state index in [9.17, 15) is 4.79 Å². The fourth-order valence-corrected chi connectivity index (χ4v) is 6.25. The first-order valence-electron chi connectivity index (χ1n) is 7.95. The molecule has 1 N–H and O–H groups in total. The Morgan fingerprint density at radius 1 is 1.33 bits per heavy atom. The maximum atomic E-state index is 10.9. The lowest BCUT2D eigenvalue weighted by Gasteiger charge is -2.57. The molecule has 0 spiro atoms. The molecule has 1 heterocycles. The molecule has 1 aromatic rings. The molecule has 4 saturated carbocycles. The van der Waals surface area contributed by atoms with Gasteiger partial charge in [-0.3, -0.25) is 4.79 Å². The Morgan fingerprint density at radius 3 is 2.43 bits per heavy atom. The molecule has 0 radical (unpaired) electrons. The number of nitrogens with zero attached hydrogens (tertiary/aromatic N) is 2. The van der Waals surface area contributed by atoms with Crippen LogP contribution in [0.2, 0.25) is 0 Å². The number of thioether (sulfide) groups is 1. The van der Waals surface area contributed by atoms with Crippen molar-refractivity contribution in [3.05, 3.63) is 11.9 Å². The highest BCUT2D eigenvalue weighted by atomic mass is 32.2. The smallest absolute Gasteiger partial charge is 0.313 e. The standard InChI is InChI=1S/C16H22N2O2S/c1-10-8-18(15(17-10)21-9-14(19)20)16-5-11-2-12(6-16)4-13(3-11)7-16/h8,11-13H,2-7,9H2,1H3,(H,19,20). The number of carbonyl (C=O) groups is 1. The van der Waals surface area contributed by atoms with E-state index in [0.29, 0.717) is 0 Å². The SMILES string of the molecule is Cc1cn(C23CC4CC(CC(C4)C2)C3)c(SCC(=O)O)n1. The molecule has 0 amide bonds. The third kappa shape index (κ3) is 2.30. The molecule has 5 rings (SSSR count). The lowest BCUT2D eigenvalue weighted by atomic mass is 9.53. The molecule has 4 nitrogen and oxygen atoms in total. The van der Waals surface area contributed by atoms with Crippen LogP contribution in [0.1, 0.15) is 44.2 Å². The van der Waals surface area contributed by atoms with Crippen LogP contribution < -0.4 is 0 Å². The van der Waals surface area contributed by atoms with Crippen molar-refractivity contribution in [2.45, 2.75) is 56.1 Å². The quantitative estimate of drug-likeness (QED) is 0.867. The molecule has 21 heavy (non-hydrogen) atoms. The van der Waals surface area contributed by atoms with Gasteiger partial charge in [0.2, 0.25) is 0 Å². The van der Waals surface area contributed by atoms with Crippen molar-refractivity contribution < 1.29 is 9.90 Å². The van der Waals surface area contributed by atoms with E-state index in [2.05, 4.69) is 15.7 Å². The van der Waals surface area contributed by atoms with Gasteiger partial charge >= 0.3 is 5.97 Å². The van der Waals surface area contributed by atoms with Gasteiger partial charge in [0, 0.05) is 11.7 Å². The van der Waals surface area contributed by atoms with E-state index < -0.39 is 5.97 Å². The van der Waals surface area contributed by atoms with Gasteiger partial charge in [0.05, 0.1) is 11.4 Å². The number of hydrogen-bond acceptors (Lipinski definition) is 3. The van der Waals surface area contributed by atoms with Crippen LogP contribution >= 0.6 is 11.8 Å². The Morgan fingerprint density at radius 2 is 1.90 bits per heavy atom. The molecule has 1 aromatic heterocycles. The van der Waals surface area contributed by atoms with Gasteiger partial charge in [0.15, 0.2) is 5.16 Å². The molecule has 0 saturated heterocycles. The van der Waals surface area contributed by atoms with Gasteiger partial charge < -0.3 is 9.67 Å². The molecule has 4 aliphatic rings. The summed E-state index contributed by atoms with van der Waals surface area (Å²) >= 11 is 1.38. The van der Waals surface area contributed by atoms with Crippen molar-refractivity contribution >= 4 is 17.7 Å². The first-order valence-corrected chi connectivity index (χ1v) is 8.94. The number of carboxylic acids is 1. The van der Waals surface area contributed by atoms with Gasteiger partial charge in [-0.2, -0.15) is 0 Å². The second-order valence-electron chi connectivity index (χ2n) is 7.36. The van der Waals surface area contributed by atoms with Gasteiger partial charge in [-0.25, -0.2) is 4.98 Å². The molecule has 4 fully saturated rings. The van der Waals surface area contributed by atoms with E-state index in [0.717, 1.165) is 28.6 Å². The predicted molar refractivity (Wildman–Crippen MR) is 81.5 cm³/mol. The van der Waals surface area contributed by atoms with Crippen LogP contribution in [-0.2, 0) is 10.3 Å². The number of hydrogen-bond donors (Lipinski definition) is 1. The average molecular weight is 306 g/mol. The summed E-state index contributed by atoms with van der Waals surface area (Å²) in [6.45, 7) is 2.02. The zero-order chi connectivity index (χ0) is 14.6. The van der Waals surface area contributed by atoms with Crippen LogP contribution in [0.4, 0.5) is 0 Å². The lowest BCUT2D eigenvalue weighted by Crippen LogP contribution is -2.51. The predicted octanol–water partition coefficient (Wildman–Crippen LogP) is 3.29. The van der Waals surface area contributed by atoms with E-state index in [4.69, 9.17) is 5.11 Å². The molecule has 0 aliphatic heterocycles. The Hall–Kier alpha value is -0.970. The Kier molecular flexibility index (Phi) is 3.10. The molecule has 4 aliphatic carbocycles. The highest BCUT2D eigenvalue weighted by Gasteiger charge is 2.52. The van der Waals surface area contributed by atoms with Gasteiger partial charge in [0.25, 0.3) is 0 Å². The van der Waals surface area contributed by atoms with Crippen molar-refractivity contribution in [2.24, 2.45) is 17.8 Å². The zero-order valence-corrected chi connectivity index (χ0v) is 13.2. The monoisotopic (exact) mass is 306 g/mol. The lowest BCUT2D eigenvalue weighted by molar-refractivity contribution is -0.133. The van der Waals surface area contributed by atoms with Crippen molar-refractivity contribution in [3.8, 4) is 0 Å². The van der Waals surface area contributed by atoms with Crippen molar-refractivity contribution in [1.82, 2.24) is 9.55 Å². The van der Waals surface area contributed by atoms with E-state index >= 15 is 0 Å². The summed E-state index contributed by atoms with van der Waals surface area (Å²) in [4.78, 5) is 15.5. The molecule has 0 atom stereocenters. The van der Waals surface area contributed by atoms with Crippen LogP contribution in [0.15, 0.2) is 11.4 Å². The maximum absolute atomic E-state index is 10.9. The van der Waals surface area contributed by atoms with Gasteiger partial charge in [-0.1, -0.05) is 11.8 Å². The second kappa shape index (κ2) is 4.77. The average Bonchev–Trinajstić information content (AvgIpc) is 2.77. The minimum atomic E-state index is -0.766. The molecule has 0 unspecified atom stereocenters. The van der Waals surface area contributed by atoms with Crippen LogP contribution in [0.25, 0.3) is 0 Å². The van der Waals surface area contributed by atoms with Crippen LogP contribution in [-0.4, -0.2) is 26.4 Å². The van der Waals surface area contributed by atoms with Crippen molar-refractivity contribution in [2.75, 3.05) is 5.75 Å². The normalized spacial score (nSPS) is 37.1. The largest absolute Gasteiger partial charge is 0.481 e. The first-order chi connectivity index (χ1) is 10.0. The summed E-state index contributed by atoms with van der Waals surface area (Å²) in [5.74, 6) is 1.99. The zero-order valence-electron chi connectivity index (χ0n) is 12.4. The minimum Gasteiger partial charge on any atom is -0.481 e. The summed E-state index contributed by atoms with van der Waals surface area (Å²) < 4.78 is 2.36. The summed E-state index contributed by atoms with van der Waals surface area (Å²) in [5, 5.41) is 9.86. The fraction of sp³-hybridized carbons (Fsp3) is 0.750. The van der Waals surface area contributed by atoms with Gasteiger partial charge in [-0.05, 0) is 63.2 Å². The van der Waals surface area contributed by atoms with E-state index in [1.165, 1.54) is 50.3 Å². The summed E-state index contributed by atoms with van der Waals surface area (Å²) in [6.07, 6.45) is 10.2. The number of rotatable bonds is 4. The Bertz CT molecular complexity index is 546. The number of aromatic nitrogens is 2.